The average molecular weight is 438 g/mol. The van der Waals surface area contributed by atoms with Gasteiger partial charge in [0.1, 0.15) is 17.3 Å². The number of benzene rings is 2. The van der Waals surface area contributed by atoms with Gasteiger partial charge in [0, 0.05) is 12.1 Å². The largest absolute Gasteiger partial charge is 0.507 e. The number of hydrogen-bond acceptors (Lipinski definition) is 5. The average Bonchev–Trinajstić information content (AvgIpc) is 3.05. The first-order valence-corrected chi connectivity index (χ1v) is 11.1. The molecule has 1 fully saturated rings. The smallest absolute Gasteiger partial charge is 0.295 e. The SMILES string of the molecule is CCCCCN1C(=O)C(=O)/C(=C(\O)c2ccc(OCC)c(C)c2)C1c1ccc(OC)cc1. The van der Waals surface area contributed by atoms with Gasteiger partial charge in [0.25, 0.3) is 11.7 Å². The zero-order valence-corrected chi connectivity index (χ0v) is 19.2. The molecule has 0 saturated carbocycles. The molecule has 0 aromatic heterocycles. The van der Waals surface area contributed by atoms with Crippen LogP contribution in [0.1, 0.15) is 55.8 Å². The molecule has 0 bridgehead atoms. The number of nitrogens with zero attached hydrogens (tertiary/aromatic N) is 1. The summed E-state index contributed by atoms with van der Waals surface area (Å²) in [7, 11) is 1.58. The van der Waals surface area contributed by atoms with Crippen LogP contribution in [0.5, 0.6) is 11.5 Å². The van der Waals surface area contributed by atoms with Gasteiger partial charge in [-0.05, 0) is 61.7 Å². The number of amides is 1. The van der Waals surface area contributed by atoms with Crippen molar-refractivity contribution in [3.8, 4) is 11.5 Å². The maximum absolute atomic E-state index is 13.1. The predicted octanol–water partition coefficient (Wildman–Crippen LogP) is 5.01. The minimum Gasteiger partial charge on any atom is -0.507 e. The van der Waals surface area contributed by atoms with E-state index >= 15 is 0 Å². The molecular weight excluding hydrogens is 406 g/mol. The molecule has 2 aromatic rings. The topological polar surface area (TPSA) is 76.1 Å². The number of Topliss-reactive ketones (excluding diaryl/α,β-unsaturated/α-hetero) is 1. The quantitative estimate of drug-likeness (QED) is 0.258. The third-order valence-electron chi connectivity index (χ3n) is 5.72. The number of carbonyl (C=O) groups is 2. The van der Waals surface area contributed by atoms with Crippen LogP contribution < -0.4 is 9.47 Å². The molecule has 32 heavy (non-hydrogen) atoms. The van der Waals surface area contributed by atoms with E-state index in [9.17, 15) is 14.7 Å². The van der Waals surface area contributed by atoms with Crippen molar-refractivity contribution in [3.63, 3.8) is 0 Å². The number of ketones is 1. The number of methoxy groups -OCH3 is 1. The van der Waals surface area contributed by atoms with Crippen molar-refractivity contribution < 1.29 is 24.2 Å². The van der Waals surface area contributed by atoms with Gasteiger partial charge in [0.05, 0.1) is 25.3 Å². The summed E-state index contributed by atoms with van der Waals surface area (Å²) in [5.41, 5.74) is 2.19. The van der Waals surface area contributed by atoms with Crippen molar-refractivity contribution in [2.75, 3.05) is 20.3 Å². The molecule has 2 aromatic carbocycles. The van der Waals surface area contributed by atoms with Crippen LogP contribution in [0.25, 0.3) is 5.76 Å². The van der Waals surface area contributed by atoms with Gasteiger partial charge < -0.3 is 19.5 Å². The molecule has 1 saturated heterocycles. The molecule has 1 heterocycles. The number of aliphatic hydroxyl groups is 1. The number of hydrogen-bond donors (Lipinski definition) is 1. The van der Waals surface area contributed by atoms with E-state index in [0.717, 1.165) is 36.1 Å². The zero-order chi connectivity index (χ0) is 23.3. The Balaban J connectivity index is 2.10. The first-order valence-electron chi connectivity index (χ1n) is 11.1. The minimum atomic E-state index is -0.661. The van der Waals surface area contributed by atoms with Crippen molar-refractivity contribution in [2.45, 2.75) is 46.1 Å². The van der Waals surface area contributed by atoms with E-state index in [-0.39, 0.29) is 11.3 Å². The molecule has 0 radical (unpaired) electrons. The third kappa shape index (κ3) is 4.64. The van der Waals surface area contributed by atoms with Crippen LogP contribution >= 0.6 is 0 Å². The number of aryl methyl sites for hydroxylation is 1. The highest BCUT2D eigenvalue weighted by Gasteiger charge is 2.45. The van der Waals surface area contributed by atoms with Gasteiger partial charge in [-0.15, -0.1) is 0 Å². The Bertz CT molecular complexity index is 1010. The summed E-state index contributed by atoms with van der Waals surface area (Å²) in [6.45, 7) is 6.86. The molecule has 1 N–H and O–H groups in total. The van der Waals surface area contributed by atoms with Crippen LogP contribution in [0.4, 0.5) is 0 Å². The van der Waals surface area contributed by atoms with Crippen molar-refractivity contribution in [1.29, 1.82) is 0 Å². The van der Waals surface area contributed by atoms with Gasteiger partial charge in [0.15, 0.2) is 0 Å². The highest BCUT2D eigenvalue weighted by atomic mass is 16.5. The highest BCUT2D eigenvalue weighted by Crippen LogP contribution is 2.40. The van der Waals surface area contributed by atoms with Crippen molar-refractivity contribution >= 4 is 17.4 Å². The number of rotatable bonds is 9. The molecule has 6 heteroatoms. The normalized spacial score (nSPS) is 17.6. The highest BCUT2D eigenvalue weighted by molar-refractivity contribution is 6.46. The van der Waals surface area contributed by atoms with Gasteiger partial charge in [-0.25, -0.2) is 0 Å². The fraction of sp³-hybridized carbons (Fsp3) is 0.385. The van der Waals surface area contributed by atoms with Crippen LogP contribution in [0.2, 0.25) is 0 Å². The first kappa shape index (κ1) is 23.4. The first-order chi connectivity index (χ1) is 15.4. The predicted molar refractivity (Wildman–Crippen MR) is 124 cm³/mol. The molecule has 3 rings (SSSR count). The number of likely N-dealkylation sites (tertiary alicyclic amines) is 1. The van der Waals surface area contributed by atoms with Crippen LogP contribution in [0.3, 0.4) is 0 Å². The van der Waals surface area contributed by atoms with Crippen molar-refractivity contribution in [1.82, 2.24) is 4.90 Å². The maximum atomic E-state index is 13.1. The Labute approximate surface area is 189 Å². The fourth-order valence-electron chi connectivity index (χ4n) is 4.05. The second kappa shape index (κ2) is 10.4. The van der Waals surface area contributed by atoms with Crippen LogP contribution in [-0.4, -0.2) is 42.0 Å². The molecule has 1 amide bonds. The van der Waals surface area contributed by atoms with Crippen LogP contribution in [0, 0.1) is 6.92 Å². The standard InChI is InChI=1S/C26H31NO5/c1-5-7-8-15-27-23(18-9-12-20(31-4)13-10-18)22(25(29)26(27)30)24(28)19-11-14-21(32-6-2)17(3)16-19/h9-14,16,23,28H,5-8,15H2,1-4H3/b24-22-. The third-order valence-corrected chi connectivity index (χ3v) is 5.72. The Hall–Kier alpha value is -3.28. The molecule has 1 unspecified atom stereocenters. The lowest BCUT2D eigenvalue weighted by molar-refractivity contribution is -0.139. The van der Waals surface area contributed by atoms with Crippen molar-refractivity contribution in [3.05, 3.63) is 64.7 Å². The number of aliphatic hydroxyl groups excluding tert-OH is 1. The molecular formula is C26H31NO5. The van der Waals surface area contributed by atoms with E-state index in [2.05, 4.69) is 6.92 Å². The maximum Gasteiger partial charge on any atom is 0.295 e. The lowest BCUT2D eigenvalue weighted by Crippen LogP contribution is -2.30. The lowest BCUT2D eigenvalue weighted by atomic mass is 9.94. The van der Waals surface area contributed by atoms with Gasteiger partial charge in [0.2, 0.25) is 0 Å². The minimum absolute atomic E-state index is 0.111. The Morgan fingerprint density at radius 3 is 2.38 bits per heavy atom. The van der Waals surface area contributed by atoms with E-state index in [0.29, 0.717) is 24.5 Å². The van der Waals surface area contributed by atoms with Crippen LogP contribution in [0.15, 0.2) is 48.0 Å². The monoisotopic (exact) mass is 437 g/mol. The molecule has 1 aliphatic rings. The lowest BCUT2D eigenvalue weighted by Gasteiger charge is -2.25. The van der Waals surface area contributed by atoms with E-state index in [1.54, 1.807) is 42.3 Å². The summed E-state index contributed by atoms with van der Waals surface area (Å²) in [4.78, 5) is 27.6. The number of ether oxygens (including phenoxy) is 2. The van der Waals surface area contributed by atoms with Crippen molar-refractivity contribution in [2.24, 2.45) is 0 Å². The number of unbranched alkanes of at least 4 members (excludes halogenated alkanes) is 2. The summed E-state index contributed by atoms with van der Waals surface area (Å²) >= 11 is 0. The van der Waals surface area contributed by atoms with Crippen LogP contribution in [-0.2, 0) is 9.59 Å². The molecule has 1 atom stereocenters. The zero-order valence-electron chi connectivity index (χ0n) is 19.2. The Kier molecular flexibility index (Phi) is 7.57. The Morgan fingerprint density at radius 2 is 1.78 bits per heavy atom. The summed E-state index contributed by atoms with van der Waals surface area (Å²) in [6, 6.07) is 11.9. The Morgan fingerprint density at radius 1 is 1.06 bits per heavy atom. The molecule has 170 valence electrons. The van der Waals surface area contributed by atoms with E-state index in [1.165, 1.54) is 0 Å². The fourth-order valence-corrected chi connectivity index (χ4v) is 4.05. The number of carbonyl (C=O) groups excluding carboxylic acids is 2. The summed E-state index contributed by atoms with van der Waals surface area (Å²) < 4.78 is 10.8. The second-order valence-electron chi connectivity index (χ2n) is 7.89. The second-order valence-corrected chi connectivity index (χ2v) is 7.89. The van der Waals surface area contributed by atoms with Gasteiger partial charge in [-0.3, -0.25) is 9.59 Å². The summed E-state index contributed by atoms with van der Waals surface area (Å²) in [5, 5.41) is 11.2. The molecule has 1 aliphatic heterocycles. The summed E-state index contributed by atoms with van der Waals surface area (Å²) in [6.07, 6.45) is 2.75. The summed E-state index contributed by atoms with van der Waals surface area (Å²) in [5.74, 6) is -0.0135. The molecule has 0 aliphatic carbocycles. The molecule has 0 spiro atoms. The van der Waals surface area contributed by atoms with E-state index < -0.39 is 17.7 Å². The van der Waals surface area contributed by atoms with E-state index in [4.69, 9.17) is 9.47 Å². The van der Waals surface area contributed by atoms with E-state index in [1.807, 2.05) is 26.0 Å². The van der Waals surface area contributed by atoms with Gasteiger partial charge in [-0.1, -0.05) is 31.9 Å². The molecule has 6 nitrogen and oxygen atoms in total. The van der Waals surface area contributed by atoms with Gasteiger partial charge >= 0.3 is 0 Å². The van der Waals surface area contributed by atoms with Gasteiger partial charge in [-0.2, -0.15) is 0 Å².